The summed E-state index contributed by atoms with van der Waals surface area (Å²) in [5, 5.41) is 2.82. The molecule has 4 nitrogen and oxygen atoms in total. The summed E-state index contributed by atoms with van der Waals surface area (Å²) in [6.45, 7) is 2.28. The molecule has 0 saturated carbocycles. The molecule has 0 spiro atoms. The van der Waals surface area contributed by atoms with Gasteiger partial charge in [0.15, 0.2) is 5.76 Å². The van der Waals surface area contributed by atoms with E-state index >= 15 is 0 Å². The zero-order chi connectivity index (χ0) is 13.8. The van der Waals surface area contributed by atoms with Crippen LogP contribution >= 0.6 is 15.9 Å². The van der Waals surface area contributed by atoms with Gasteiger partial charge in [0.2, 0.25) is 0 Å². The standard InChI is InChI=1S/C14H14BrNO3/c1-9-3-4-10(15)7-12(9)16-14(17)13-6-5-11(19-13)8-18-2/h3-7H,8H2,1-2H3,(H,16,17). The number of methoxy groups -OCH3 is 1. The van der Waals surface area contributed by atoms with Gasteiger partial charge < -0.3 is 14.5 Å². The van der Waals surface area contributed by atoms with Gasteiger partial charge in [0.05, 0.1) is 0 Å². The molecule has 1 N–H and O–H groups in total. The summed E-state index contributed by atoms with van der Waals surface area (Å²) in [7, 11) is 1.58. The highest BCUT2D eigenvalue weighted by atomic mass is 79.9. The molecule has 0 unspecified atom stereocenters. The first kappa shape index (κ1) is 13.8. The van der Waals surface area contributed by atoms with E-state index in [0.717, 1.165) is 15.7 Å². The lowest BCUT2D eigenvalue weighted by Crippen LogP contribution is -2.11. The summed E-state index contributed by atoms with van der Waals surface area (Å²) in [6.07, 6.45) is 0. The monoisotopic (exact) mass is 323 g/mol. The van der Waals surface area contributed by atoms with Gasteiger partial charge in [-0.15, -0.1) is 0 Å². The van der Waals surface area contributed by atoms with Crippen LogP contribution in [-0.2, 0) is 11.3 Å². The van der Waals surface area contributed by atoms with Crippen LogP contribution in [0, 0.1) is 6.92 Å². The molecule has 2 aromatic rings. The van der Waals surface area contributed by atoms with E-state index in [9.17, 15) is 4.79 Å². The van der Waals surface area contributed by atoms with Crippen LogP contribution in [0.2, 0.25) is 0 Å². The van der Waals surface area contributed by atoms with Crippen molar-refractivity contribution in [2.45, 2.75) is 13.5 Å². The van der Waals surface area contributed by atoms with Crippen molar-refractivity contribution < 1.29 is 13.9 Å². The van der Waals surface area contributed by atoms with E-state index in [2.05, 4.69) is 21.2 Å². The topological polar surface area (TPSA) is 51.5 Å². The second-order valence-corrected chi connectivity index (χ2v) is 5.03. The summed E-state index contributed by atoms with van der Waals surface area (Å²) in [6, 6.07) is 9.07. The number of amides is 1. The van der Waals surface area contributed by atoms with E-state index in [1.165, 1.54) is 0 Å². The van der Waals surface area contributed by atoms with Crippen LogP contribution < -0.4 is 5.32 Å². The van der Waals surface area contributed by atoms with Crippen molar-refractivity contribution in [3.05, 3.63) is 51.9 Å². The van der Waals surface area contributed by atoms with E-state index in [0.29, 0.717) is 12.4 Å². The molecule has 0 radical (unpaired) electrons. The van der Waals surface area contributed by atoms with Crippen molar-refractivity contribution in [3.8, 4) is 0 Å². The number of hydrogen-bond acceptors (Lipinski definition) is 3. The predicted molar refractivity (Wildman–Crippen MR) is 76.3 cm³/mol. The summed E-state index contributed by atoms with van der Waals surface area (Å²) < 4.78 is 11.2. The van der Waals surface area contributed by atoms with Crippen LogP contribution in [0.3, 0.4) is 0 Å². The molecule has 5 heteroatoms. The number of furan rings is 1. The first-order valence-corrected chi connectivity index (χ1v) is 6.54. The van der Waals surface area contributed by atoms with Gasteiger partial charge in [0.25, 0.3) is 5.91 Å². The zero-order valence-electron chi connectivity index (χ0n) is 10.7. The molecule has 0 aliphatic carbocycles. The number of hydrogen-bond donors (Lipinski definition) is 1. The van der Waals surface area contributed by atoms with Gasteiger partial charge in [-0.2, -0.15) is 0 Å². The van der Waals surface area contributed by atoms with Gasteiger partial charge in [-0.05, 0) is 36.8 Å². The molecule has 2 rings (SSSR count). The molecule has 0 saturated heterocycles. The number of halogens is 1. The van der Waals surface area contributed by atoms with Crippen LogP contribution in [0.4, 0.5) is 5.69 Å². The van der Waals surface area contributed by atoms with E-state index in [1.807, 2.05) is 25.1 Å². The predicted octanol–water partition coefficient (Wildman–Crippen LogP) is 3.75. The average Bonchev–Trinajstić information content (AvgIpc) is 2.83. The third-order valence-corrected chi connectivity index (χ3v) is 3.11. The number of ether oxygens (including phenoxy) is 1. The Morgan fingerprint density at radius 3 is 2.89 bits per heavy atom. The van der Waals surface area contributed by atoms with E-state index in [-0.39, 0.29) is 11.7 Å². The summed E-state index contributed by atoms with van der Waals surface area (Å²) in [5.74, 6) is 0.619. The molecule has 0 aliphatic rings. The molecule has 0 aliphatic heterocycles. The van der Waals surface area contributed by atoms with Gasteiger partial charge >= 0.3 is 0 Å². The Morgan fingerprint density at radius 2 is 2.16 bits per heavy atom. The number of nitrogens with one attached hydrogen (secondary N) is 1. The Hall–Kier alpha value is -1.59. The molecule has 1 aromatic heterocycles. The van der Waals surface area contributed by atoms with Crippen molar-refractivity contribution in [1.29, 1.82) is 0 Å². The maximum atomic E-state index is 12.0. The second-order valence-electron chi connectivity index (χ2n) is 4.11. The minimum Gasteiger partial charge on any atom is -0.453 e. The van der Waals surface area contributed by atoms with Crippen LogP contribution in [0.25, 0.3) is 0 Å². The molecular formula is C14H14BrNO3. The van der Waals surface area contributed by atoms with Crippen molar-refractivity contribution >= 4 is 27.5 Å². The number of anilines is 1. The van der Waals surface area contributed by atoms with Gasteiger partial charge in [0.1, 0.15) is 12.4 Å². The molecule has 100 valence electrons. The van der Waals surface area contributed by atoms with Crippen molar-refractivity contribution in [2.24, 2.45) is 0 Å². The maximum absolute atomic E-state index is 12.0. The third kappa shape index (κ3) is 3.45. The number of rotatable bonds is 4. The lowest BCUT2D eigenvalue weighted by molar-refractivity contribution is 0.0987. The second kappa shape index (κ2) is 6.04. The molecule has 1 heterocycles. The Bertz CT molecular complexity index is 592. The van der Waals surface area contributed by atoms with Gasteiger partial charge in [-0.1, -0.05) is 22.0 Å². The van der Waals surface area contributed by atoms with Crippen LogP contribution in [0.5, 0.6) is 0 Å². The number of carbonyl (C=O) groups is 1. The molecule has 1 aromatic carbocycles. The Balaban J connectivity index is 2.13. The zero-order valence-corrected chi connectivity index (χ0v) is 12.3. The fraction of sp³-hybridized carbons (Fsp3) is 0.214. The van der Waals surface area contributed by atoms with Crippen molar-refractivity contribution in [2.75, 3.05) is 12.4 Å². The lowest BCUT2D eigenvalue weighted by Gasteiger charge is -2.07. The first-order chi connectivity index (χ1) is 9.10. The summed E-state index contributed by atoms with van der Waals surface area (Å²) in [5.41, 5.74) is 1.74. The Morgan fingerprint density at radius 1 is 1.37 bits per heavy atom. The van der Waals surface area contributed by atoms with Gasteiger partial charge in [-0.25, -0.2) is 0 Å². The third-order valence-electron chi connectivity index (χ3n) is 2.62. The van der Waals surface area contributed by atoms with Crippen LogP contribution in [-0.4, -0.2) is 13.0 Å². The highest BCUT2D eigenvalue weighted by Crippen LogP contribution is 2.21. The molecule has 0 atom stereocenters. The van der Waals surface area contributed by atoms with Crippen molar-refractivity contribution in [1.82, 2.24) is 0 Å². The molecule has 19 heavy (non-hydrogen) atoms. The quantitative estimate of drug-likeness (QED) is 0.932. The highest BCUT2D eigenvalue weighted by molar-refractivity contribution is 9.10. The van der Waals surface area contributed by atoms with Crippen LogP contribution in [0.1, 0.15) is 21.9 Å². The average molecular weight is 324 g/mol. The van der Waals surface area contributed by atoms with E-state index in [1.54, 1.807) is 19.2 Å². The Kier molecular flexibility index (Phi) is 4.39. The number of carbonyl (C=O) groups excluding carboxylic acids is 1. The largest absolute Gasteiger partial charge is 0.453 e. The van der Waals surface area contributed by atoms with Gasteiger partial charge in [-0.3, -0.25) is 4.79 Å². The lowest BCUT2D eigenvalue weighted by atomic mass is 10.2. The first-order valence-electron chi connectivity index (χ1n) is 5.75. The number of benzene rings is 1. The van der Waals surface area contributed by atoms with E-state index in [4.69, 9.17) is 9.15 Å². The summed E-state index contributed by atoms with van der Waals surface area (Å²) in [4.78, 5) is 12.0. The van der Waals surface area contributed by atoms with Crippen molar-refractivity contribution in [3.63, 3.8) is 0 Å². The molecule has 0 fully saturated rings. The minimum absolute atomic E-state index is 0.270. The summed E-state index contributed by atoms with van der Waals surface area (Å²) >= 11 is 3.38. The number of aryl methyl sites for hydroxylation is 1. The normalized spacial score (nSPS) is 10.5. The molecular weight excluding hydrogens is 310 g/mol. The maximum Gasteiger partial charge on any atom is 0.291 e. The molecule has 1 amide bonds. The van der Waals surface area contributed by atoms with Gasteiger partial charge in [0, 0.05) is 17.3 Å². The van der Waals surface area contributed by atoms with E-state index < -0.39 is 0 Å². The Labute approximate surface area is 119 Å². The smallest absolute Gasteiger partial charge is 0.291 e. The minimum atomic E-state index is -0.274. The molecule has 0 bridgehead atoms. The highest BCUT2D eigenvalue weighted by Gasteiger charge is 2.12. The fourth-order valence-corrected chi connectivity index (χ4v) is 1.99. The van der Waals surface area contributed by atoms with Crippen LogP contribution in [0.15, 0.2) is 39.2 Å². The SMILES string of the molecule is COCc1ccc(C(=O)Nc2cc(Br)ccc2C)o1. The fourth-order valence-electron chi connectivity index (χ4n) is 1.63.